The van der Waals surface area contributed by atoms with Crippen LogP contribution < -0.4 is 5.73 Å². The molecule has 1 aromatic heterocycles. The monoisotopic (exact) mass is 248 g/mol. The van der Waals surface area contributed by atoms with Gasteiger partial charge in [0.25, 0.3) is 0 Å². The molecule has 0 spiro atoms. The summed E-state index contributed by atoms with van der Waals surface area (Å²) in [6.45, 7) is 1.96. The first-order chi connectivity index (χ1) is 8.20. The average Bonchev–Trinajstić information content (AvgIpc) is 2.68. The lowest BCUT2D eigenvalue weighted by Crippen LogP contribution is -1.90. The van der Waals surface area contributed by atoms with E-state index >= 15 is 0 Å². The molecule has 3 nitrogen and oxygen atoms in total. The molecule has 2 aromatic rings. The Labute approximate surface area is 105 Å². The molecular formula is C13H16N2OS. The molecule has 1 heterocycles. The van der Waals surface area contributed by atoms with Gasteiger partial charge >= 0.3 is 0 Å². The summed E-state index contributed by atoms with van der Waals surface area (Å²) in [6.07, 6.45) is 3.03. The number of hydrogen-bond acceptors (Lipinski definition) is 4. The average molecular weight is 248 g/mol. The van der Waals surface area contributed by atoms with Crippen LogP contribution in [0.25, 0.3) is 11.5 Å². The van der Waals surface area contributed by atoms with Gasteiger partial charge in [-0.2, -0.15) is 11.8 Å². The van der Waals surface area contributed by atoms with E-state index in [2.05, 4.69) is 11.2 Å². The second kappa shape index (κ2) is 5.27. The molecule has 0 unspecified atom stereocenters. The van der Waals surface area contributed by atoms with Crippen LogP contribution in [0.2, 0.25) is 0 Å². The standard InChI is InChI=1S/C13H16N2OS/c1-9-12(6-7-17-2)15-13(16-9)10-4-3-5-11(14)8-10/h3-5,8H,6-7,14H2,1-2H3. The summed E-state index contributed by atoms with van der Waals surface area (Å²) < 4.78 is 5.68. The molecule has 0 aliphatic carbocycles. The lowest BCUT2D eigenvalue weighted by molar-refractivity contribution is 0.540. The van der Waals surface area contributed by atoms with Crippen molar-refractivity contribution in [3.05, 3.63) is 35.7 Å². The molecule has 0 aliphatic heterocycles. The maximum Gasteiger partial charge on any atom is 0.226 e. The van der Waals surface area contributed by atoms with Crippen LogP contribution in [0.3, 0.4) is 0 Å². The summed E-state index contributed by atoms with van der Waals surface area (Å²) in [5.41, 5.74) is 8.45. The van der Waals surface area contributed by atoms with Crippen molar-refractivity contribution in [3.8, 4) is 11.5 Å². The summed E-state index contributed by atoms with van der Waals surface area (Å²) in [7, 11) is 0. The Hall–Kier alpha value is -1.42. The Morgan fingerprint density at radius 2 is 2.24 bits per heavy atom. The van der Waals surface area contributed by atoms with Gasteiger partial charge in [-0.1, -0.05) is 6.07 Å². The molecule has 0 amide bonds. The van der Waals surface area contributed by atoms with E-state index in [0.717, 1.165) is 34.9 Å². The third-order valence-electron chi connectivity index (χ3n) is 2.57. The molecule has 0 bridgehead atoms. The SMILES string of the molecule is CSCCc1nc(-c2cccc(N)c2)oc1C. The second-order valence-electron chi connectivity index (χ2n) is 3.89. The molecule has 2 rings (SSSR count). The molecule has 0 saturated heterocycles. The number of nitrogen functional groups attached to an aromatic ring is 1. The van der Waals surface area contributed by atoms with E-state index in [4.69, 9.17) is 10.2 Å². The third-order valence-corrected chi connectivity index (χ3v) is 3.18. The van der Waals surface area contributed by atoms with E-state index in [9.17, 15) is 0 Å². The second-order valence-corrected chi connectivity index (χ2v) is 4.88. The largest absolute Gasteiger partial charge is 0.441 e. The molecule has 4 heteroatoms. The number of benzene rings is 1. The topological polar surface area (TPSA) is 52.0 Å². The van der Waals surface area contributed by atoms with Crippen molar-refractivity contribution in [3.63, 3.8) is 0 Å². The van der Waals surface area contributed by atoms with E-state index in [1.54, 1.807) is 0 Å². The van der Waals surface area contributed by atoms with Gasteiger partial charge in [0.2, 0.25) is 5.89 Å². The van der Waals surface area contributed by atoms with E-state index in [1.807, 2.05) is 43.0 Å². The van der Waals surface area contributed by atoms with Crippen LogP contribution in [0.4, 0.5) is 5.69 Å². The number of aromatic nitrogens is 1. The van der Waals surface area contributed by atoms with Crippen molar-refractivity contribution in [2.75, 3.05) is 17.7 Å². The highest BCUT2D eigenvalue weighted by Crippen LogP contribution is 2.23. The minimum absolute atomic E-state index is 0.658. The fourth-order valence-electron chi connectivity index (χ4n) is 1.65. The maximum absolute atomic E-state index is 5.75. The summed E-state index contributed by atoms with van der Waals surface area (Å²) in [4.78, 5) is 4.52. The summed E-state index contributed by atoms with van der Waals surface area (Å²) in [6, 6.07) is 7.60. The third kappa shape index (κ3) is 2.82. The van der Waals surface area contributed by atoms with Gasteiger partial charge in [0.05, 0.1) is 5.69 Å². The van der Waals surface area contributed by atoms with E-state index in [-0.39, 0.29) is 0 Å². The first-order valence-electron chi connectivity index (χ1n) is 5.52. The van der Waals surface area contributed by atoms with Crippen LogP contribution in [0.1, 0.15) is 11.5 Å². The van der Waals surface area contributed by atoms with E-state index in [0.29, 0.717) is 5.89 Å². The number of nitrogens with zero attached hydrogens (tertiary/aromatic N) is 1. The molecule has 0 aliphatic rings. The molecule has 0 atom stereocenters. The quantitative estimate of drug-likeness (QED) is 0.844. The van der Waals surface area contributed by atoms with Gasteiger partial charge < -0.3 is 10.2 Å². The molecule has 1 aromatic carbocycles. The van der Waals surface area contributed by atoms with Crippen LogP contribution in [0.15, 0.2) is 28.7 Å². The first-order valence-corrected chi connectivity index (χ1v) is 6.91. The van der Waals surface area contributed by atoms with E-state index < -0.39 is 0 Å². The highest BCUT2D eigenvalue weighted by atomic mass is 32.2. The summed E-state index contributed by atoms with van der Waals surface area (Å²) in [5.74, 6) is 2.62. The number of thioether (sulfide) groups is 1. The molecule has 90 valence electrons. The van der Waals surface area contributed by atoms with Gasteiger partial charge in [-0.25, -0.2) is 4.98 Å². The molecule has 0 saturated carbocycles. The Bertz CT molecular complexity index is 508. The summed E-state index contributed by atoms with van der Waals surface area (Å²) >= 11 is 1.81. The maximum atomic E-state index is 5.75. The zero-order valence-electron chi connectivity index (χ0n) is 10.1. The number of rotatable bonds is 4. The van der Waals surface area contributed by atoms with Crippen LogP contribution in [-0.2, 0) is 6.42 Å². The number of nitrogens with two attached hydrogens (primary N) is 1. The Morgan fingerprint density at radius 3 is 2.94 bits per heavy atom. The van der Waals surface area contributed by atoms with Gasteiger partial charge in [-0.15, -0.1) is 0 Å². The lowest BCUT2D eigenvalue weighted by Gasteiger charge is -1.96. The molecule has 17 heavy (non-hydrogen) atoms. The number of oxazole rings is 1. The Morgan fingerprint density at radius 1 is 1.41 bits per heavy atom. The minimum Gasteiger partial charge on any atom is -0.441 e. The zero-order chi connectivity index (χ0) is 12.3. The first kappa shape index (κ1) is 12.0. The van der Waals surface area contributed by atoms with Gasteiger partial charge in [0, 0.05) is 17.7 Å². The lowest BCUT2D eigenvalue weighted by atomic mass is 10.2. The van der Waals surface area contributed by atoms with Crippen LogP contribution >= 0.6 is 11.8 Å². The number of anilines is 1. The highest BCUT2D eigenvalue weighted by Gasteiger charge is 2.10. The Kier molecular flexibility index (Phi) is 3.74. The number of aryl methyl sites for hydroxylation is 2. The van der Waals surface area contributed by atoms with Crippen molar-refractivity contribution in [1.82, 2.24) is 4.98 Å². The smallest absolute Gasteiger partial charge is 0.226 e. The molecule has 0 radical (unpaired) electrons. The molecule has 0 fully saturated rings. The fraction of sp³-hybridized carbons (Fsp3) is 0.308. The predicted molar refractivity (Wildman–Crippen MR) is 73.2 cm³/mol. The van der Waals surface area contributed by atoms with Gasteiger partial charge in [-0.3, -0.25) is 0 Å². The summed E-state index contributed by atoms with van der Waals surface area (Å²) in [5, 5.41) is 0. The van der Waals surface area contributed by atoms with Gasteiger partial charge in [0.15, 0.2) is 0 Å². The predicted octanol–water partition coefficient (Wildman–Crippen LogP) is 3.14. The van der Waals surface area contributed by atoms with Gasteiger partial charge in [0.1, 0.15) is 5.76 Å². The van der Waals surface area contributed by atoms with Crippen molar-refractivity contribution >= 4 is 17.4 Å². The molecule has 2 N–H and O–H groups in total. The fourth-order valence-corrected chi connectivity index (χ4v) is 2.05. The van der Waals surface area contributed by atoms with Crippen molar-refractivity contribution in [2.24, 2.45) is 0 Å². The minimum atomic E-state index is 0.658. The molecular weight excluding hydrogens is 232 g/mol. The highest BCUT2D eigenvalue weighted by molar-refractivity contribution is 7.98. The Balaban J connectivity index is 2.28. The van der Waals surface area contributed by atoms with Crippen molar-refractivity contribution in [1.29, 1.82) is 0 Å². The number of hydrogen-bond donors (Lipinski definition) is 1. The van der Waals surface area contributed by atoms with Crippen LogP contribution in [0, 0.1) is 6.92 Å². The van der Waals surface area contributed by atoms with Crippen molar-refractivity contribution < 1.29 is 4.42 Å². The van der Waals surface area contributed by atoms with Crippen molar-refractivity contribution in [2.45, 2.75) is 13.3 Å². The van der Waals surface area contributed by atoms with Crippen LogP contribution in [-0.4, -0.2) is 17.0 Å². The van der Waals surface area contributed by atoms with Crippen LogP contribution in [0.5, 0.6) is 0 Å². The van der Waals surface area contributed by atoms with Gasteiger partial charge in [-0.05, 0) is 37.1 Å². The van der Waals surface area contributed by atoms with E-state index in [1.165, 1.54) is 0 Å². The normalized spacial score (nSPS) is 10.7. The zero-order valence-corrected chi connectivity index (χ0v) is 10.9.